The van der Waals surface area contributed by atoms with E-state index < -0.39 is 35.4 Å². The van der Waals surface area contributed by atoms with Gasteiger partial charge in [0.25, 0.3) is 11.6 Å². The van der Waals surface area contributed by atoms with E-state index >= 15 is 0 Å². The second-order valence-electron chi connectivity index (χ2n) is 3.23. The fraction of sp³-hybridized carbons (Fsp3) is 0.400. The molecule has 0 N–H and O–H groups in total. The first kappa shape index (κ1) is 24.8. The van der Waals surface area contributed by atoms with Crippen LogP contribution in [0.2, 0.25) is 0 Å². The van der Waals surface area contributed by atoms with Crippen LogP contribution in [0.1, 0.15) is 13.8 Å². The third-order valence-electron chi connectivity index (χ3n) is 1.23. The van der Waals surface area contributed by atoms with Crippen molar-refractivity contribution in [2.45, 2.75) is 26.2 Å². The largest absolute Gasteiger partial charge is 2.00 e. The summed E-state index contributed by atoms with van der Waals surface area (Å²) in [5.74, 6) is -6.02. The molecule has 4 nitrogen and oxygen atoms in total. The first-order valence-electron chi connectivity index (χ1n) is 4.61. The zero-order valence-electron chi connectivity index (χ0n) is 10.8. The molecule has 0 aromatic rings. The van der Waals surface area contributed by atoms with Crippen LogP contribution in [0, 0.1) is 0 Å². The van der Waals surface area contributed by atoms with Gasteiger partial charge in [-0.15, -0.1) is 11.5 Å². The summed E-state index contributed by atoms with van der Waals surface area (Å²) in [4.78, 5) is 19.7. The van der Waals surface area contributed by atoms with E-state index in [-0.39, 0.29) is 35.2 Å². The minimum atomic E-state index is -4.92. The minimum absolute atomic E-state index is 0. The van der Waals surface area contributed by atoms with E-state index in [0.717, 1.165) is 13.8 Å². The quantitative estimate of drug-likeness (QED) is 0.317. The molecule has 0 unspecified atom stereocenters. The Kier molecular flexibility index (Phi) is 11.4. The van der Waals surface area contributed by atoms with Crippen LogP contribution in [0.15, 0.2) is 23.7 Å². The first-order chi connectivity index (χ1) is 8.67. The molecule has 0 radical (unpaired) electrons. The maximum atomic E-state index is 11.3. The average Bonchev–Trinajstić information content (AvgIpc) is 2.13. The molecule has 0 atom stereocenters. The molecule has 0 bridgehead atoms. The summed E-state index contributed by atoms with van der Waals surface area (Å²) in [5, 5.41) is 19.8. The Morgan fingerprint density at radius 2 is 0.952 bits per heavy atom. The number of halogens is 6. The van der Waals surface area contributed by atoms with Gasteiger partial charge in [0.15, 0.2) is 0 Å². The summed E-state index contributed by atoms with van der Waals surface area (Å²) in [6, 6.07) is 0. The average molecular weight is 330 g/mol. The molecule has 21 heavy (non-hydrogen) atoms. The van der Waals surface area contributed by atoms with Gasteiger partial charge >= 0.3 is 35.4 Å². The first-order valence-corrected chi connectivity index (χ1v) is 4.61. The maximum absolute atomic E-state index is 11.3. The van der Waals surface area contributed by atoms with Crippen LogP contribution in [0.25, 0.3) is 0 Å². The Labute approximate surface area is 131 Å². The summed E-state index contributed by atoms with van der Waals surface area (Å²) in [6.07, 6.45) is -9.82. The Morgan fingerprint density at radius 1 is 0.762 bits per heavy atom. The molecule has 0 aliphatic carbocycles. The molecule has 0 heterocycles. The number of ketones is 2. The van der Waals surface area contributed by atoms with Crippen molar-refractivity contribution in [2.24, 2.45) is 0 Å². The number of hydrogen-bond acceptors (Lipinski definition) is 4. The van der Waals surface area contributed by atoms with Crippen molar-refractivity contribution in [3.63, 3.8) is 0 Å². The molecular formula is C10H8F6MgO4. The number of alkyl halides is 6. The van der Waals surface area contributed by atoms with Crippen molar-refractivity contribution in [1.29, 1.82) is 0 Å². The molecule has 116 valence electrons. The Morgan fingerprint density at radius 3 is 1.00 bits per heavy atom. The van der Waals surface area contributed by atoms with Gasteiger partial charge in [-0.05, 0) is 12.2 Å². The summed E-state index contributed by atoms with van der Waals surface area (Å²) >= 11 is 0. The molecule has 0 aromatic carbocycles. The fourth-order valence-corrected chi connectivity index (χ4v) is 0.533. The Balaban J connectivity index is -0.000000295. The fourth-order valence-electron chi connectivity index (χ4n) is 0.533. The Bertz CT molecular complexity index is 374. The van der Waals surface area contributed by atoms with Crippen LogP contribution < -0.4 is 10.2 Å². The molecule has 0 aliphatic heterocycles. The molecule has 0 spiro atoms. The number of rotatable bonds is 2. The number of carbonyl (C=O) groups is 2. The number of allylic oxidation sites excluding steroid dienone is 4. The van der Waals surface area contributed by atoms with E-state index in [4.69, 9.17) is 0 Å². The van der Waals surface area contributed by atoms with E-state index in [9.17, 15) is 46.1 Å². The molecule has 0 aromatic heterocycles. The number of hydrogen-bond donors (Lipinski definition) is 0. The van der Waals surface area contributed by atoms with Gasteiger partial charge in [0, 0.05) is 0 Å². The van der Waals surface area contributed by atoms with Crippen molar-refractivity contribution < 1.29 is 46.1 Å². The summed E-state index contributed by atoms with van der Waals surface area (Å²) < 4.78 is 67.7. The molecule has 0 fully saturated rings. The normalized spacial score (nSPS) is 12.8. The molecule has 0 saturated heterocycles. The maximum Gasteiger partial charge on any atom is 2.00 e. The second-order valence-corrected chi connectivity index (χ2v) is 3.23. The van der Waals surface area contributed by atoms with Crippen molar-refractivity contribution in [3.05, 3.63) is 23.7 Å². The SMILES string of the molecule is CC([O-])=CC(=O)C(F)(F)F.CC([O-])=CC(=O)C(F)(F)F.[Mg+2]. The van der Waals surface area contributed by atoms with Gasteiger partial charge in [-0.2, -0.15) is 26.3 Å². The van der Waals surface area contributed by atoms with Gasteiger partial charge in [0.2, 0.25) is 0 Å². The van der Waals surface area contributed by atoms with Crippen LogP contribution in [-0.4, -0.2) is 47.0 Å². The van der Waals surface area contributed by atoms with Gasteiger partial charge in [-0.1, -0.05) is 13.8 Å². The predicted molar refractivity (Wildman–Crippen MR) is 55.4 cm³/mol. The van der Waals surface area contributed by atoms with Gasteiger partial charge in [0.1, 0.15) is 0 Å². The topological polar surface area (TPSA) is 80.3 Å². The van der Waals surface area contributed by atoms with Gasteiger partial charge in [-0.25, -0.2) is 0 Å². The third-order valence-corrected chi connectivity index (χ3v) is 1.23. The third kappa shape index (κ3) is 15.0. The number of carbonyl (C=O) groups excluding carboxylic acids is 2. The summed E-state index contributed by atoms with van der Waals surface area (Å²) in [7, 11) is 0. The van der Waals surface area contributed by atoms with Crippen molar-refractivity contribution in [1.82, 2.24) is 0 Å². The zero-order chi connectivity index (χ0) is 16.7. The molecular weight excluding hydrogens is 322 g/mol. The molecule has 0 aliphatic rings. The van der Waals surface area contributed by atoms with E-state index in [2.05, 4.69) is 0 Å². The van der Waals surface area contributed by atoms with Gasteiger partial charge in [0.05, 0.1) is 0 Å². The van der Waals surface area contributed by atoms with Crippen LogP contribution in [-0.2, 0) is 9.59 Å². The summed E-state index contributed by atoms with van der Waals surface area (Å²) in [5.41, 5.74) is 0. The molecule has 11 heteroatoms. The predicted octanol–water partition coefficient (Wildman–Crippen LogP) is 0.383. The van der Waals surface area contributed by atoms with E-state index in [1.54, 1.807) is 0 Å². The van der Waals surface area contributed by atoms with E-state index in [1.165, 1.54) is 0 Å². The van der Waals surface area contributed by atoms with E-state index in [1.807, 2.05) is 0 Å². The van der Waals surface area contributed by atoms with Crippen LogP contribution >= 0.6 is 0 Å². The van der Waals surface area contributed by atoms with Crippen molar-refractivity contribution in [3.8, 4) is 0 Å². The Hall–Kier alpha value is -1.23. The van der Waals surface area contributed by atoms with Crippen LogP contribution in [0.4, 0.5) is 26.3 Å². The second kappa shape index (κ2) is 9.66. The standard InChI is InChI=1S/2C5H5F3O2.Mg/c2*1-3(9)2-4(10)5(6,7)8;/h2*2,9H,1H3;/q;;+2/p-2. The van der Waals surface area contributed by atoms with E-state index in [0.29, 0.717) is 0 Å². The molecule has 0 saturated carbocycles. The smallest absolute Gasteiger partial charge is 0.876 e. The minimum Gasteiger partial charge on any atom is -0.876 e. The van der Waals surface area contributed by atoms with Gasteiger partial charge in [-0.3, -0.25) is 9.59 Å². The zero-order valence-corrected chi connectivity index (χ0v) is 12.2. The van der Waals surface area contributed by atoms with Crippen LogP contribution in [0.5, 0.6) is 0 Å². The summed E-state index contributed by atoms with van der Waals surface area (Å²) in [6.45, 7) is 1.76. The molecule has 0 rings (SSSR count). The van der Waals surface area contributed by atoms with Crippen molar-refractivity contribution >= 4 is 34.6 Å². The van der Waals surface area contributed by atoms with Crippen LogP contribution in [0.3, 0.4) is 0 Å². The molecule has 0 amide bonds. The van der Waals surface area contributed by atoms with Gasteiger partial charge < -0.3 is 10.2 Å². The van der Waals surface area contributed by atoms with Crippen molar-refractivity contribution in [2.75, 3.05) is 0 Å². The monoisotopic (exact) mass is 330 g/mol.